The summed E-state index contributed by atoms with van der Waals surface area (Å²) in [5.41, 5.74) is 1.06. The number of fused-ring (bicyclic) bond motifs is 1. The first-order valence-electron chi connectivity index (χ1n) is 9.86. The molecule has 0 aliphatic carbocycles. The van der Waals surface area contributed by atoms with Gasteiger partial charge in [-0.2, -0.15) is 0 Å². The first kappa shape index (κ1) is 19.4. The largest absolute Gasteiger partial charge is 0.270 e. The van der Waals surface area contributed by atoms with Gasteiger partial charge in [-0.05, 0) is 25.0 Å². The number of unbranched alkanes of at least 4 members (excludes halogenated alkanes) is 9. The highest BCUT2D eigenvalue weighted by Gasteiger charge is 2.33. The lowest BCUT2D eigenvalue weighted by Gasteiger charge is -2.10. The van der Waals surface area contributed by atoms with Crippen molar-refractivity contribution in [2.45, 2.75) is 71.1 Å². The SMILES string of the molecule is CCCCCCCCCCC/C=C\CN1C(=O)c2ccccc2C1=O. The van der Waals surface area contributed by atoms with Crippen LogP contribution in [-0.2, 0) is 0 Å². The zero-order chi connectivity index (χ0) is 17.9. The summed E-state index contributed by atoms with van der Waals surface area (Å²) in [7, 11) is 0. The van der Waals surface area contributed by atoms with Crippen LogP contribution in [0.5, 0.6) is 0 Å². The van der Waals surface area contributed by atoms with Gasteiger partial charge in [0.1, 0.15) is 0 Å². The summed E-state index contributed by atoms with van der Waals surface area (Å²) < 4.78 is 0. The number of rotatable bonds is 12. The van der Waals surface area contributed by atoms with E-state index in [2.05, 4.69) is 13.0 Å². The molecule has 0 bridgehead atoms. The smallest absolute Gasteiger partial charge is 0.261 e. The van der Waals surface area contributed by atoms with Crippen LogP contribution in [0.15, 0.2) is 36.4 Å². The van der Waals surface area contributed by atoms with E-state index in [4.69, 9.17) is 0 Å². The molecule has 136 valence electrons. The number of imide groups is 1. The second-order valence-electron chi connectivity index (χ2n) is 6.86. The van der Waals surface area contributed by atoms with Crippen molar-refractivity contribution in [3.8, 4) is 0 Å². The Morgan fingerprint density at radius 3 is 1.84 bits per heavy atom. The van der Waals surface area contributed by atoms with Crippen molar-refractivity contribution in [1.82, 2.24) is 4.90 Å². The third kappa shape index (κ3) is 5.84. The van der Waals surface area contributed by atoms with E-state index in [0.29, 0.717) is 17.7 Å². The second-order valence-corrected chi connectivity index (χ2v) is 6.86. The lowest BCUT2D eigenvalue weighted by atomic mass is 10.1. The molecule has 3 nitrogen and oxygen atoms in total. The van der Waals surface area contributed by atoms with Gasteiger partial charge in [0.25, 0.3) is 11.8 Å². The van der Waals surface area contributed by atoms with Gasteiger partial charge < -0.3 is 0 Å². The maximum Gasteiger partial charge on any atom is 0.261 e. The van der Waals surface area contributed by atoms with Crippen molar-refractivity contribution in [1.29, 1.82) is 0 Å². The fourth-order valence-electron chi connectivity index (χ4n) is 3.28. The van der Waals surface area contributed by atoms with Gasteiger partial charge in [0.2, 0.25) is 0 Å². The van der Waals surface area contributed by atoms with Crippen LogP contribution in [0.1, 0.15) is 91.8 Å². The molecule has 0 N–H and O–H groups in total. The molecule has 25 heavy (non-hydrogen) atoms. The van der Waals surface area contributed by atoms with E-state index in [-0.39, 0.29) is 11.8 Å². The predicted molar refractivity (Wildman–Crippen MR) is 103 cm³/mol. The minimum Gasteiger partial charge on any atom is -0.270 e. The third-order valence-corrected chi connectivity index (χ3v) is 4.81. The van der Waals surface area contributed by atoms with Gasteiger partial charge in [0.15, 0.2) is 0 Å². The summed E-state index contributed by atoms with van der Waals surface area (Å²) in [5, 5.41) is 0. The van der Waals surface area contributed by atoms with Crippen LogP contribution in [0.4, 0.5) is 0 Å². The van der Waals surface area contributed by atoms with Crippen LogP contribution in [0.2, 0.25) is 0 Å². The molecule has 0 atom stereocenters. The Hall–Kier alpha value is -1.90. The number of amides is 2. The Balaban J connectivity index is 1.56. The number of nitrogens with zero attached hydrogens (tertiary/aromatic N) is 1. The van der Waals surface area contributed by atoms with Crippen LogP contribution < -0.4 is 0 Å². The lowest BCUT2D eigenvalue weighted by molar-refractivity contribution is 0.0672. The van der Waals surface area contributed by atoms with Gasteiger partial charge in [0.05, 0.1) is 11.1 Å². The molecule has 0 spiro atoms. The second kappa shape index (κ2) is 10.9. The summed E-state index contributed by atoms with van der Waals surface area (Å²) in [4.78, 5) is 25.8. The van der Waals surface area contributed by atoms with Gasteiger partial charge in [0, 0.05) is 6.54 Å². The number of benzene rings is 1. The van der Waals surface area contributed by atoms with Gasteiger partial charge in [-0.25, -0.2) is 0 Å². The summed E-state index contributed by atoms with van der Waals surface area (Å²) in [6.45, 7) is 2.63. The van der Waals surface area contributed by atoms with E-state index in [1.165, 1.54) is 62.7 Å². The van der Waals surface area contributed by atoms with E-state index >= 15 is 0 Å². The molecule has 1 aliphatic heterocycles. The van der Waals surface area contributed by atoms with Gasteiger partial charge in [-0.1, -0.05) is 82.6 Å². The fourth-order valence-corrected chi connectivity index (χ4v) is 3.28. The van der Waals surface area contributed by atoms with E-state index in [1.807, 2.05) is 6.08 Å². The van der Waals surface area contributed by atoms with Crippen LogP contribution in [0.25, 0.3) is 0 Å². The van der Waals surface area contributed by atoms with Crippen molar-refractivity contribution in [3.63, 3.8) is 0 Å². The Kier molecular flexibility index (Phi) is 8.44. The molecule has 0 aromatic heterocycles. The molecule has 1 aromatic carbocycles. The Morgan fingerprint density at radius 2 is 1.28 bits per heavy atom. The molecule has 1 aliphatic rings. The maximum atomic E-state index is 12.2. The molecule has 2 amide bonds. The monoisotopic (exact) mass is 341 g/mol. The summed E-state index contributed by atoms with van der Waals surface area (Å²) in [6.07, 6.45) is 17.0. The van der Waals surface area contributed by atoms with Crippen molar-refractivity contribution in [2.24, 2.45) is 0 Å². The van der Waals surface area contributed by atoms with Gasteiger partial charge in [-0.15, -0.1) is 0 Å². The van der Waals surface area contributed by atoms with Crippen LogP contribution in [0, 0.1) is 0 Å². The number of hydrogen-bond donors (Lipinski definition) is 0. The molecule has 0 saturated carbocycles. The maximum absolute atomic E-state index is 12.2. The normalized spacial score (nSPS) is 13.9. The molecule has 2 rings (SSSR count). The van der Waals surface area contributed by atoms with Crippen LogP contribution in [-0.4, -0.2) is 23.3 Å². The Bertz CT molecular complexity index is 556. The number of carbonyl (C=O) groups is 2. The van der Waals surface area contributed by atoms with E-state index in [0.717, 1.165) is 6.42 Å². The Morgan fingerprint density at radius 1 is 0.760 bits per heavy atom. The topological polar surface area (TPSA) is 37.4 Å². The molecule has 0 fully saturated rings. The average molecular weight is 341 g/mol. The highest BCUT2D eigenvalue weighted by molar-refractivity contribution is 6.21. The van der Waals surface area contributed by atoms with Crippen LogP contribution >= 0.6 is 0 Å². The predicted octanol–water partition coefficient (Wildman–Crippen LogP) is 5.76. The quantitative estimate of drug-likeness (QED) is 0.275. The molecule has 0 saturated heterocycles. The molecule has 0 unspecified atom stereocenters. The van der Waals surface area contributed by atoms with E-state index < -0.39 is 0 Å². The standard InChI is InChI=1S/C22H31NO2/c1-2-3-4-5-6-7-8-9-10-11-12-15-18-23-21(24)19-16-13-14-17-20(19)22(23)25/h12-17H,2-11,18H2,1H3/b15-12-. The van der Waals surface area contributed by atoms with Crippen molar-refractivity contribution in [3.05, 3.63) is 47.5 Å². The molecular weight excluding hydrogens is 310 g/mol. The summed E-state index contributed by atoms with van der Waals surface area (Å²) >= 11 is 0. The first-order valence-corrected chi connectivity index (χ1v) is 9.86. The zero-order valence-corrected chi connectivity index (χ0v) is 15.5. The first-order chi connectivity index (χ1) is 12.3. The van der Waals surface area contributed by atoms with E-state index in [9.17, 15) is 9.59 Å². The highest BCUT2D eigenvalue weighted by atomic mass is 16.2. The van der Waals surface area contributed by atoms with Crippen molar-refractivity contribution < 1.29 is 9.59 Å². The molecule has 3 heteroatoms. The zero-order valence-electron chi connectivity index (χ0n) is 15.5. The summed E-state index contributed by atoms with van der Waals surface area (Å²) in [5.74, 6) is -0.346. The number of hydrogen-bond acceptors (Lipinski definition) is 2. The molecular formula is C22H31NO2. The van der Waals surface area contributed by atoms with Crippen LogP contribution in [0.3, 0.4) is 0 Å². The highest BCUT2D eigenvalue weighted by Crippen LogP contribution is 2.22. The molecule has 1 aromatic rings. The molecule has 1 heterocycles. The minimum absolute atomic E-state index is 0.173. The Labute approximate surface area is 152 Å². The number of allylic oxidation sites excluding steroid dienone is 1. The van der Waals surface area contributed by atoms with Crippen molar-refractivity contribution in [2.75, 3.05) is 6.54 Å². The fraction of sp³-hybridized carbons (Fsp3) is 0.545. The third-order valence-electron chi connectivity index (χ3n) is 4.81. The summed E-state index contributed by atoms with van der Waals surface area (Å²) in [6, 6.07) is 7.05. The number of carbonyl (C=O) groups excluding carboxylic acids is 2. The minimum atomic E-state index is -0.173. The molecule has 0 radical (unpaired) electrons. The van der Waals surface area contributed by atoms with Gasteiger partial charge in [-0.3, -0.25) is 14.5 Å². The van der Waals surface area contributed by atoms with E-state index in [1.54, 1.807) is 24.3 Å². The lowest BCUT2D eigenvalue weighted by Crippen LogP contribution is -2.29. The van der Waals surface area contributed by atoms with Gasteiger partial charge >= 0.3 is 0 Å². The van der Waals surface area contributed by atoms with Crippen molar-refractivity contribution >= 4 is 11.8 Å². The average Bonchev–Trinajstić information content (AvgIpc) is 2.87.